The second kappa shape index (κ2) is 10.5. The average molecular weight is 482 g/mol. The van der Waals surface area contributed by atoms with Crippen molar-refractivity contribution < 1.29 is 18.0 Å². The molecule has 3 aromatic carbocycles. The van der Waals surface area contributed by atoms with Crippen molar-refractivity contribution in [3.05, 3.63) is 100 Å². The molecule has 184 valence electrons. The van der Waals surface area contributed by atoms with Gasteiger partial charge in [0.15, 0.2) is 0 Å². The van der Waals surface area contributed by atoms with Gasteiger partial charge in [-0.05, 0) is 66.4 Å². The fraction of sp³-hybridized carbons (Fsp3) is 0.321. The summed E-state index contributed by atoms with van der Waals surface area (Å²) in [5.41, 5.74) is 5.25. The highest BCUT2D eigenvalue weighted by molar-refractivity contribution is 5.94. The summed E-state index contributed by atoms with van der Waals surface area (Å²) in [6, 6.07) is 18.9. The zero-order valence-corrected chi connectivity index (χ0v) is 20.0. The first-order chi connectivity index (χ1) is 16.7. The first-order valence-electron chi connectivity index (χ1n) is 11.8. The summed E-state index contributed by atoms with van der Waals surface area (Å²) in [5.74, 6) is -0.309. The van der Waals surface area contributed by atoms with Crippen LogP contribution < -0.4 is 10.2 Å². The number of hydrogen-bond donors (Lipinski definition) is 1. The third-order valence-corrected chi connectivity index (χ3v) is 6.62. The predicted octanol–water partition coefficient (Wildman–Crippen LogP) is 5.57. The fourth-order valence-corrected chi connectivity index (χ4v) is 4.39. The van der Waals surface area contributed by atoms with Gasteiger partial charge in [0.1, 0.15) is 0 Å². The zero-order chi connectivity index (χ0) is 25.0. The maximum atomic E-state index is 12.9. The molecule has 0 aromatic heterocycles. The number of amides is 1. The van der Waals surface area contributed by atoms with Gasteiger partial charge in [0, 0.05) is 50.5 Å². The molecule has 0 radical (unpaired) electrons. The lowest BCUT2D eigenvalue weighted by atomic mass is 10.1. The van der Waals surface area contributed by atoms with Crippen LogP contribution in [-0.2, 0) is 19.3 Å². The molecule has 7 heteroatoms. The Hall–Kier alpha value is -3.32. The van der Waals surface area contributed by atoms with Crippen LogP contribution in [0.25, 0.3) is 0 Å². The second-order valence-corrected chi connectivity index (χ2v) is 9.06. The topological polar surface area (TPSA) is 35.6 Å². The lowest BCUT2D eigenvalue weighted by Gasteiger charge is -2.37. The number of benzene rings is 3. The third kappa shape index (κ3) is 6.22. The van der Waals surface area contributed by atoms with E-state index in [9.17, 15) is 18.0 Å². The highest BCUT2D eigenvalue weighted by Gasteiger charge is 2.30. The minimum atomic E-state index is -4.40. The van der Waals surface area contributed by atoms with Crippen LogP contribution in [0.1, 0.15) is 38.2 Å². The molecule has 1 amide bonds. The molecule has 0 bridgehead atoms. The molecular weight excluding hydrogens is 451 g/mol. The maximum absolute atomic E-state index is 12.9. The largest absolute Gasteiger partial charge is 0.416 e. The Morgan fingerprint density at radius 1 is 0.886 bits per heavy atom. The van der Waals surface area contributed by atoms with Crippen LogP contribution in [0.4, 0.5) is 18.9 Å². The van der Waals surface area contributed by atoms with Gasteiger partial charge in [-0.15, -0.1) is 0 Å². The SMILES string of the molecule is Cc1cccc(N2CCN(Cc3ccc(C(=O)NCc4cccc(C(F)(F)F)c4)cc3)CC2)c1C. The lowest BCUT2D eigenvalue weighted by molar-refractivity contribution is -0.137. The zero-order valence-electron chi connectivity index (χ0n) is 20.0. The van der Waals surface area contributed by atoms with Gasteiger partial charge in [-0.3, -0.25) is 9.69 Å². The molecule has 1 N–H and O–H groups in total. The van der Waals surface area contributed by atoms with Gasteiger partial charge in [0.2, 0.25) is 0 Å². The summed E-state index contributed by atoms with van der Waals surface area (Å²) in [4.78, 5) is 17.3. The van der Waals surface area contributed by atoms with E-state index in [1.165, 1.54) is 22.9 Å². The minimum Gasteiger partial charge on any atom is -0.369 e. The number of rotatable bonds is 6. The first-order valence-corrected chi connectivity index (χ1v) is 11.8. The van der Waals surface area contributed by atoms with Crippen molar-refractivity contribution in [2.75, 3.05) is 31.1 Å². The van der Waals surface area contributed by atoms with E-state index in [1.807, 2.05) is 12.1 Å². The number of aryl methyl sites for hydroxylation is 1. The van der Waals surface area contributed by atoms with Crippen molar-refractivity contribution in [3.63, 3.8) is 0 Å². The maximum Gasteiger partial charge on any atom is 0.416 e. The number of carbonyl (C=O) groups excluding carboxylic acids is 1. The standard InChI is InChI=1S/C28H30F3N3O/c1-20-5-3-8-26(21(20)2)34-15-13-33(14-16-34)19-22-9-11-24(12-10-22)27(35)32-18-23-6-4-7-25(17-23)28(29,30)31/h3-12,17H,13-16,18-19H2,1-2H3,(H,32,35). The minimum absolute atomic E-state index is 0.0369. The van der Waals surface area contributed by atoms with Crippen LogP contribution in [0.3, 0.4) is 0 Å². The van der Waals surface area contributed by atoms with Crippen LogP contribution in [0.5, 0.6) is 0 Å². The Balaban J connectivity index is 1.28. The van der Waals surface area contributed by atoms with Crippen molar-refractivity contribution in [2.45, 2.75) is 33.1 Å². The molecule has 0 aliphatic carbocycles. The molecule has 0 spiro atoms. The van der Waals surface area contributed by atoms with Gasteiger partial charge >= 0.3 is 6.18 Å². The number of hydrogen-bond acceptors (Lipinski definition) is 3. The summed E-state index contributed by atoms with van der Waals surface area (Å²) in [7, 11) is 0. The molecule has 1 aliphatic rings. The van der Waals surface area contributed by atoms with Gasteiger partial charge in [0.05, 0.1) is 5.56 Å². The van der Waals surface area contributed by atoms with E-state index < -0.39 is 11.7 Å². The summed E-state index contributed by atoms with van der Waals surface area (Å²) in [6.07, 6.45) is -4.40. The van der Waals surface area contributed by atoms with Crippen molar-refractivity contribution in [2.24, 2.45) is 0 Å². The number of alkyl halides is 3. The molecule has 1 aliphatic heterocycles. The van der Waals surface area contributed by atoms with E-state index in [0.29, 0.717) is 11.1 Å². The van der Waals surface area contributed by atoms with Gasteiger partial charge in [0.25, 0.3) is 5.91 Å². The molecule has 0 unspecified atom stereocenters. The van der Waals surface area contributed by atoms with E-state index in [-0.39, 0.29) is 12.5 Å². The molecule has 0 atom stereocenters. The van der Waals surface area contributed by atoms with E-state index in [2.05, 4.69) is 47.2 Å². The van der Waals surface area contributed by atoms with Crippen molar-refractivity contribution in [3.8, 4) is 0 Å². The van der Waals surface area contributed by atoms with Crippen LogP contribution in [0, 0.1) is 13.8 Å². The Bertz CT molecular complexity index is 1170. The van der Waals surface area contributed by atoms with Crippen molar-refractivity contribution in [1.82, 2.24) is 10.2 Å². The quantitative estimate of drug-likeness (QED) is 0.500. The highest BCUT2D eigenvalue weighted by atomic mass is 19.4. The van der Waals surface area contributed by atoms with Crippen LogP contribution in [0.2, 0.25) is 0 Å². The number of halogens is 3. The molecule has 1 fully saturated rings. The van der Waals surface area contributed by atoms with E-state index >= 15 is 0 Å². The van der Waals surface area contributed by atoms with E-state index in [4.69, 9.17) is 0 Å². The van der Waals surface area contributed by atoms with E-state index in [0.717, 1.165) is 50.4 Å². The highest BCUT2D eigenvalue weighted by Crippen LogP contribution is 2.29. The number of carbonyl (C=O) groups is 1. The number of piperazine rings is 1. The van der Waals surface area contributed by atoms with Crippen LogP contribution >= 0.6 is 0 Å². The normalized spacial score (nSPS) is 14.7. The Morgan fingerprint density at radius 3 is 2.26 bits per heavy atom. The Morgan fingerprint density at radius 2 is 1.57 bits per heavy atom. The van der Waals surface area contributed by atoms with Gasteiger partial charge in [-0.1, -0.05) is 36.4 Å². The third-order valence-electron chi connectivity index (χ3n) is 6.62. The van der Waals surface area contributed by atoms with Crippen LogP contribution in [-0.4, -0.2) is 37.0 Å². The summed E-state index contributed by atoms with van der Waals surface area (Å²) in [5, 5.41) is 2.70. The fourth-order valence-electron chi connectivity index (χ4n) is 4.39. The molecule has 35 heavy (non-hydrogen) atoms. The molecule has 1 saturated heterocycles. The predicted molar refractivity (Wildman–Crippen MR) is 132 cm³/mol. The monoisotopic (exact) mass is 481 g/mol. The smallest absolute Gasteiger partial charge is 0.369 e. The Kier molecular flexibility index (Phi) is 7.45. The van der Waals surface area contributed by atoms with Crippen molar-refractivity contribution >= 4 is 11.6 Å². The summed E-state index contributed by atoms with van der Waals surface area (Å²) < 4.78 is 38.6. The second-order valence-electron chi connectivity index (χ2n) is 9.06. The molecular formula is C28H30F3N3O. The molecule has 4 rings (SSSR count). The first kappa shape index (κ1) is 24.8. The van der Waals surface area contributed by atoms with Gasteiger partial charge in [-0.25, -0.2) is 0 Å². The van der Waals surface area contributed by atoms with Gasteiger partial charge in [-0.2, -0.15) is 13.2 Å². The van der Waals surface area contributed by atoms with E-state index in [1.54, 1.807) is 18.2 Å². The van der Waals surface area contributed by atoms with Gasteiger partial charge < -0.3 is 10.2 Å². The lowest BCUT2D eigenvalue weighted by Crippen LogP contribution is -2.46. The molecule has 1 heterocycles. The summed E-state index contributed by atoms with van der Waals surface area (Å²) in [6.45, 7) is 9.04. The Labute approximate surface area is 204 Å². The molecule has 4 nitrogen and oxygen atoms in total. The number of anilines is 1. The molecule has 0 saturated carbocycles. The number of nitrogens with one attached hydrogen (secondary N) is 1. The van der Waals surface area contributed by atoms with Crippen molar-refractivity contribution in [1.29, 1.82) is 0 Å². The summed E-state index contributed by atoms with van der Waals surface area (Å²) >= 11 is 0. The average Bonchev–Trinajstić information content (AvgIpc) is 2.85. The van der Waals surface area contributed by atoms with Crippen LogP contribution in [0.15, 0.2) is 66.7 Å². The number of nitrogens with zero attached hydrogens (tertiary/aromatic N) is 2. The molecule has 3 aromatic rings.